The number of nitrogens with zero attached hydrogens (tertiary/aromatic N) is 1. The Labute approximate surface area is 176 Å². The van der Waals surface area contributed by atoms with E-state index in [2.05, 4.69) is 9.72 Å². The number of Topliss-reactive ketones (excluding diaryl/α,β-unsaturated/α-hetero) is 1. The van der Waals surface area contributed by atoms with Gasteiger partial charge in [-0.15, -0.1) is 0 Å². The zero-order valence-corrected chi connectivity index (χ0v) is 17.1. The van der Waals surface area contributed by atoms with Crippen LogP contribution < -0.4 is 4.74 Å². The van der Waals surface area contributed by atoms with Crippen molar-refractivity contribution in [1.82, 2.24) is 4.98 Å². The molecular formula is C22H19F2NO4S. The van der Waals surface area contributed by atoms with Gasteiger partial charge in [0.05, 0.1) is 16.3 Å². The van der Waals surface area contributed by atoms with E-state index in [1.54, 1.807) is 0 Å². The summed E-state index contributed by atoms with van der Waals surface area (Å²) in [5, 5.41) is 1.74. The van der Waals surface area contributed by atoms with Crippen molar-refractivity contribution in [3.8, 4) is 5.75 Å². The van der Waals surface area contributed by atoms with Crippen LogP contribution >= 0.6 is 11.8 Å². The molecule has 2 aromatic carbocycles. The lowest BCUT2D eigenvalue weighted by Crippen LogP contribution is -2.25. The molecule has 3 rings (SSSR count). The van der Waals surface area contributed by atoms with Gasteiger partial charge in [-0.05, 0) is 55.8 Å². The number of fused-ring (bicyclic) bond motifs is 1. The lowest BCUT2D eigenvalue weighted by Gasteiger charge is -2.13. The van der Waals surface area contributed by atoms with E-state index in [0.29, 0.717) is 5.03 Å². The number of halogens is 2. The molecule has 1 heterocycles. The van der Waals surface area contributed by atoms with Crippen molar-refractivity contribution in [3.05, 3.63) is 65.7 Å². The Hall–Kier alpha value is -3.00. The summed E-state index contributed by atoms with van der Waals surface area (Å²) >= 11 is 1.23. The molecule has 0 bridgehead atoms. The van der Waals surface area contributed by atoms with Crippen molar-refractivity contribution < 1.29 is 27.8 Å². The molecule has 0 saturated heterocycles. The quantitative estimate of drug-likeness (QED) is 0.282. The van der Waals surface area contributed by atoms with E-state index >= 15 is 0 Å². The molecule has 1 atom stereocenters. The number of alkyl halides is 2. The van der Waals surface area contributed by atoms with Gasteiger partial charge in [-0.25, -0.2) is 4.98 Å². The number of thioether (sulfide) groups is 1. The van der Waals surface area contributed by atoms with Crippen LogP contribution in [0.1, 0.15) is 22.8 Å². The molecular weight excluding hydrogens is 412 g/mol. The van der Waals surface area contributed by atoms with Crippen LogP contribution in [0, 0.1) is 6.92 Å². The van der Waals surface area contributed by atoms with E-state index in [4.69, 9.17) is 4.74 Å². The van der Waals surface area contributed by atoms with Gasteiger partial charge in [-0.1, -0.05) is 30.0 Å². The van der Waals surface area contributed by atoms with Crippen LogP contribution in [0.25, 0.3) is 10.9 Å². The Morgan fingerprint density at radius 3 is 2.50 bits per heavy atom. The van der Waals surface area contributed by atoms with Crippen LogP contribution in [-0.2, 0) is 9.53 Å². The summed E-state index contributed by atoms with van der Waals surface area (Å²) in [5.41, 5.74) is 2.13. The lowest BCUT2D eigenvalue weighted by atomic mass is 10.1. The summed E-state index contributed by atoms with van der Waals surface area (Å²) in [6.07, 6.45) is -1.01. The van der Waals surface area contributed by atoms with E-state index in [1.165, 1.54) is 43.0 Å². The predicted molar refractivity (Wildman–Crippen MR) is 110 cm³/mol. The monoisotopic (exact) mass is 431 g/mol. The van der Waals surface area contributed by atoms with Crippen LogP contribution in [-0.4, -0.2) is 35.2 Å². The minimum Gasteiger partial charge on any atom is -0.454 e. The van der Waals surface area contributed by atoms with Gasteiger partial charge < -0.3 is 9.47 Å². The predicted octanol–water partition coefficient (Wildman–Crippen LogP) is 5.05. The maximum atomic E-state index is 12.4. The van der Waals surface area contributed by atoms with Crippen molar-refractivity contribution in [2.75, 3.05) is 5.75 Å². The fourth-order valence-electron chi connectivity index (χ4n) is 2.85. The number of pyridine rings is 1. The van der Waals surface area contributed by atoms with E-state index < -0.39 is 24.5 Å². The number of carbonyl (C=O) groups excluding carboxylic acids is 2. The van der Waals surface area contributed by atoms with Crippen LogP contribution in [0.5, 0.6) is 5.75 Å². The second kappa shape index (κ2) is 9.67. The van der Waals surface area contributed by atoms with E-state index in [0.717, 1.165) is 16.5 Å². The van der Waals surface area contributed by atoms with Crippen LogP contribution in [0.3, 0.4) is 0 Å². The first-order valence-corrected chi connectivity index (χ1v) is 10.1. The molecule has 3 aromatic rings. The zero-order valence-electron chi connectivity index (χ0n) is 16.3. The second-order valence-corrected chi connectivity index (χ2v) is 7.48. The Kier molecular flexibility index (Phi) is 6.99. The first-order valence-electron chi connectivity index (χ1n) is 9.11. The van der Waals surface area contributed by atoms with Gasteiger partial charge in [0.2, 0.25) is 5.78 Å². The fraction of sp³-hybridized carbons (Fsp3) is 0.227. The number of rotatable bonds is 8. The molecule has 0 aliphatic rings. The summed E-state index contributed by atoms with van der Waals surface area (Å²) in [4.78, 5) is 29.1. The fourth-order valence-corrected chi connectivity index (χ4v) is 3.60. The normalized spacial score (nSPS) is 12.0. The highest BCUT2D eigenvalue weighted by molar-refractivity contribution is 7.99. The first kappa shape index (κ1) is 21.7. The zero-order chi connectivity index (χ0) is 21.7. The highest BCUT2D eigenvalue weighted by atomic mass is 32.2. The number of benzene rings is 2. The van der Waals surface area contributed by atoms with Crippen molar-refractivity contribution in [1.29, 1.82) is 0 Å². The second-order valence-electron chi connectivity index (χ2n) is 6.48. The van der Waals surface area contributed by atoms with Gasteiger partial charge in [0.15, 0.2) is 6.10 Å². The number of para-hydroxylation sites is 1. The minimum absolute atomic E-state index is 0.00354. The highest BCUT2D eigenvalue weighted by Crippen LogP contribution is 2.24. The first-order chi connectivity index (χ1) is 14.3. The Bertz CT molecular complexity index is 1060. The standard InChI is InChI=1S/C22H19F2NO4S/c1-13-11-19(25-18-6-4-3-5-17(13)18)30-12-20(26)28-14(2)21(27)15-7-9-16(10-8-15)29-22(23)24/h3-11,14,22H,12H2,1-2H3. The third-order valence-electron chi connectivity index (χ3n) is 4.28. The third kappa shape index (κ3) is 5.54. The van der Waals surface area contributed by atoms with Gasteiger partial charge in [0, 0.05) is 10.9 Å². The third-order valence-corrected chi connectivity index (χ3v) is 5.16. The molecule has 5 nitrogen and oxygen atoms in total. The van der Waals surface area contributed by atoms with E-state index in [9.17, 15) is 18.4 Å². The lowest BCUT2D eigenvalue weighted by molar-refractivity contribution is -0.143. The molecule has 30 heavy (non-hydrogen) atoms. The Balaban J connectivity index is 1.56. The molecule has 0 N–H and O–H groups in total. The molecule has 1 aromatic heterocycles. The summed E-state index contributed by atoms with van der Waals surface area (Å²) in [5.74, 6) is -1.03. The van der Waals surface area contributed by atoms with Gasteiger partial charge in [-0.2, -0.15) is 8.78 Å². The number of hydrogen-bond donors (Lipinski definition) is 0. The average Bonchev–Trinajstić information content (AvgIpc) is 2.72. The highest BCUT2D eigenvalue weighted by Gasteiger charge is 2.20. The maximum absolute atomic E-state index is 12.4. The Morgan fingerprint density at radius 2 is 1.80 bits per heavy atom. The smallest absolute Gasteiger partial charge is 0.387 e. The molecule has 0 aliphatic carbocycles. The van der Waals surface area contributed by atoms with Crippen molar-refractivity contribution in [2.45, 2.75) is 31.6 Å². The van der Waals surface area contributed by atoms with Crippen LogP contribution in [0.4, 0.5) is 8.78 Å². The average molecular weight is 431 g/mol. The Morgan fingerprint density at radius 1 is 1.10 bits per heavy atom. The molecule has 156 valence electrons. The minimum atomic E-state index is -2.94. The van der Waals surface area contributed by atoms with Gasteiger partial charge in [-0.3, -0.25) is 9.59 Å². The number of aryl methyl sites for hydroxylation is 1. The molecule has 8 heteroatoms. The van der Waals surface area contributed by atoms with E-state index in [-0.39, 0.29) is 17.1 Å². The molecule has 0 amide bonds. The number of ketones is 1. The summed E-state index contributed by atoms with van der Waals surface area (Å²) in [6, 6.07) is 14.9. The van der Waals surface area contributed by atoms with Crippen LogP contribution in [0.2, 0.25) is 0 Å². The molecule has 0 radical (unpaired) electrons. The topological polar surface area (TPSA) is 65.5 Å². The van der Waals surface area contributed by atoms with Crippen LogP contribution in [0.15, 0.2) is 59.6 Å². The van der Waals surface area contributed by atoms with Crippen molar-refractivity contribution >= 4 is 34.4 Å². The maximum Gasteiger partial charge on any atom is 0.387 e. The molecule has 0 fully saturated rings. The number of hydrogen-bond acceptors (Lipinski definition) is 6. The molecule has 0 saturated carbocycles. The summed E-state index contributed by atoms with van der Waals surface area (Å²) in [7, 11) is 0. The van der Waals surface area contributed by atoms with E-state index in [1.807, 2.05) is 37.3 Å². The molecule has 0 aliphatic heterocycles. The summed E-state index contributed by atoms with van der Waals surface area (Å²) < 4.78 is 33.8. The van der Waals surface area contributed by atoms with Crippen molar-refractivity contribution in [3.63, 3.8) is 0 Å². The van der Waals surface area contributed by atoms with Gasteiger partial charge >= 0.3 is 12.6 Å². The number of carbonyl (C=O) groups is 2. The number of esters is 1. The largest absolute Gasteiger partial charge is 0.454 e. The number of ether oxygens (including phenoxy) is 2. The van der Waals surface area contributed by atoms with Gasteiger partial charge in [0.25, 0.3) is 0 Å². The molecule has 0 spiro atoms. The summed E-state index contributed by atoms with van der Waals surface area (Å²) in [6.45, 7) is 0.502. The van der Waals surface area contributed by atoms with Crippen molar-refractivity contribution in [2.24, 2.45) is 0 Å². The SMILES string of the molecule is Cc1cc(SCC(=O)OC(C)C(=O)c2ccc(OC(F)F)cc2)nc2ccccc12. The number of aromatic nitrogens is 1. The van der Waals surface area contributed by atoms with Gasteiger partial charge in [0.1, 0.15) is 5.75 Å². The molecule has 1 unspecified atom stereocenters.